The van der Waals surface area contributed by atoms with E-state index in [-0.39, 0.29) is 5.91 Å². The van der Waals surface area contributed by atoms with Gasteiger partial charge in [-0.1, -0.05) is 17.7 Å². The molecule has 60 valence electrons. The molecule has 0 aliphatic rings. The fourth-order valence-electron chi connectivity index (χ4n) is 0.491. The Bertz CT molecular complexity index is 87.7. The monoisotopic (exact) mass is 179 g/mol. The molecule has 0 unspecified atom stereocenters. The lowest BCUT2D eigenvalue weighted by atomic mass is 10.4. The van der Waals surface area contributed by atoms with E-state index in [4.69, 9.17) is 0 Å². The van der Waals surface area contributed by atoms with Crippen molar-refractivity contribution in [2.45, 2.75) is 19.8 Å². The van der Waals surface area contributed by atoms with Gasteiger partial charge in [-0.2, -0.15) is 0 Å². The molecule has 0 aromatic rings. The molecule has 0 heterocycles. The molecule has 1 amide bonds. The quantitative estimate of drug-likeness (QED) is 0.494. The van der Waals surface area contributed by atoms with Crippen LogP contribution < -0.4 is 5.32 Å². The summed E-state index contributed by atoms with van der Waals surface area (Å²) in [4.78, 5) is 10.8. The third-order valence-corrected chi connectivity index (χ3v) is 1.93. The highest BCUT2D eigenvalue weighted by molar-refractivity contribution is 8.68. The number of carbonyl (C=O) groups excluding carboxylic acids is 1. The third-order valence-electron chi connectivity index (χ3n) is 0.993. The Morgan fingerprint density at radius 3 is 2.90 bits per heavy atom. The number of thiol groups is 1. The predicted molar refractivity (Wildman–Crippen MR) is 49.4 cm³/mol. The maximum Gasteiger partial charge on any atom is 0.220 e. The van der Waals surface area contributed by atoms with Crippen LogP contribution in [0.2, 0.25) is 0 Å². The number of nitrogens with one attached hydrogen (secondary N) is 1. The summed E-state index contributed by atoms with van der Waals surface area (Å²) in [6, 6.07) is 0. The largest absolute Gasteiger partial charge is 0.356 e. The standard InChI is InChI=1S/C6H13NOS2/c1-2-4-7-6(8)3-5-10-9/h9H,2-5H2,1H3,(H,7,8). The molecule has 0 aromatic carbocycles. The second kappa shape index (κ2) is 7.28. The molecule has 0 saturated heterocycles. The smallest absolute Gasteiger partial charge is 0.220 e. The van der Waals surface area contributed by atoms with Gasteiger partial charge >= 0.3 is 0 Å². The average Bonchev–Trinajstić information content (AvgIpc) is 1.97. The van der Waals surface area contributed by atoms with Crippen molar-refractivity contribution in [2.75, 3.05) is 12.3 Å². The van der Waals surface area contributed by atoms with E-state index in [2.05, 4.69) is 17.0 Å². The van der Waals surface area contributed by atoms with Crippen LogP contribution in [0.15, 0.2) is 0 Å². The maximum atomic E-state index is 10.8. The molecule has 0 aliphatic carbocycles. The van der Waals surface area contributed by atoms with Crippen molar-refractivity contribution in [3.63, 3.8) is 0 Å². The average molecular weight is 179 g/mol. The topological polar surface area (TPSA) is 29.1 Å². The van der Waals surface area contributed by atoms with E-state index in [1.807, 2.05) is 6.92 Å². The molecule has 0 aromatic heterocycles. The predicted octanol–water partition coefficient (Wildman–Crippen LogP) is 1.48. The Hall–Kier alpha value is 0.170. The Labute approximate surface area is 71.0 Å². The summed E-state index contributed by atoms with van der Waals surface area (Å²) in [6.45, 7) is 2.82. The molecule has 0 saturated carbocycles. The first-order chi connectivity index (χ1) is 4.81. The van der Waals surface area contributed by atoms with E-state index in [1.165, 1.54) is 10.8 Å². The van der Waals surface area contributed by atoms with Crippen molar-refractivity contribution >= 4 is 28.4 Å². The van der Waals surface area contributed by atoms with Gasteiger partial charge in [0.25, 0.3) is 0 Å². The van der Waals surface area contributed by atoms with Crippen molar-refractivity contribution in [3.8, 4) is 0 Å². The van der Waals surface area contributed by atoms with Crippen LogP contribution in [0.5, 0.6) is 0 Å². The lowest BCUT2D eigenvalue weighted by Crippen LogP contribution is -2.23. The minimum Gasteiger partial charge on any atom is -0.356 e. The Balaban J connectivity index is 3.09. The molecule has 4 heteroatoms. The van der Waals surface area contributed by atoms with Crippen molar-refractivity contribution in [2.24, 2.45) is 0 Å². The minimum atomic E-state index is 0.128. The van der Waals surface area contributed by atoms with Gasteiger partial charge in [0, 0.05) is 18.7 Å². The number of amides is 1. The summed E-state index contributed by atoms with van der Waals surface area (Å²) in [7, 11) is 1.40. The highest BCUT2D eigenvalue weighted by atomic mass is 33.1. The highest BCUT2D eigenvalue weighted by Gasteiger charge is 1.96. The van der Waals surface area contributed by atoms with E-state index in [0.717, 1.165) is 18.7 Å². The van der Waals surface area contributed by atoms with Gasteiger partial charge in [0.05, 0.1) is 0 Å². The second-order valence-electron chi connectivity index (χ2n) is 1.93. The number of hydrogen-bond donors (Lipinski definition) is 2. The van der Waals surface area contributed by atoms with Gasteiger partial charge in [0.15, 0.2) is 0 Å². The lowest BCUT2D eigenvalue weighted by molar-refractivity contribution is -0.120. The third kappa shape index (κ3) is 6.29. The molecule has 0 rings (SSSR count). The summed E-state index contributed by atoms with van der Waals surface area (Å²) in [6.07, 6.45) is 1.58. The molecule has 1 N–H and O–H groups in total. The Kier molecular flexibility index (Phi) is 7.40. The van der Waals surface area contributed by atoms with Gasteiger partial charge in [-0.3, -0.25) is 4.79 Å². The van der Waals surface area contributed by atoms with Crippen LogP contribution in [0.4, 0.5) is 0 Å². The molecule has 2 nitrogen and oxygen atoms in total. The van der Waals surface area contributed by atoms with E-state index in [9.17, 15) is 4.79 Å². The van der Waals surface area contributed by atoms with Gasteiger partial charge in [-0.25, -0.2) is 0 Å². The van der Waals surface area contributed by atoms with Crippen molar-refractivity contribution < 1.29 is 4.79 Å². The summed E-state index contributed by atoms with van der Waals surface area (Å²) < 4.78 is 0. The highest BCUT2D eigenvalue weighted by Crippen LogP contribution is 2.05. The van der Waals surface area contributed by atoms with E-state index in [1.54, 1.807) is 0 Å². The molecule has 0 fully saturated rings. The number of hydrogen-bond acceptors (Lipinski definition) is 3. The van der Waals surface area contributed by atoms with E-state index < -0.39 is 0 Å². The summed E-state index contributed by atoms with van der Waals surface area (Å²) in [5, 5.41) is 2.78. The normalized spacial score (nSPS) is 9.40. The first kappa shape index (κ1) is 10.2. The van der Waals surface area contributed by atoms with Crippen LogP contribution in [-0.4, -0.2) is 18.2 Å². The summed E-state index contributed by atoms with van der Waals surface area (Å²) in [5.74, 6) is 0.918. The fraction of sp³-hybridized carbons (Fsp3) is 0.833. The fourth-order valence-corrected chi connectivity index (χ4v) is 1.04. The molecule has 0 atom stereocenters. The first-order valence-corrected chi connectivity index (χ1v) is 5.38. The summed E-state index contributed by atoms with van der Waals surface area (Å²) >= 11 is 3.92. The molecule has 0 spiro atoms. The van der Waals surface area contributed by atoms with Crippen LogP contribution >= 0.6 is 22.5 Å². The number of carbonyl (C=O) groups is 1. The van der Waals surface area contributed by atoms with Gasteiger partial charge in [-0.05, 0) is 6.42 Å². The van der Waals surface area contributed by atoms with E-state index in [0.29, 0.717) is 6.42 Å². The van der Waals surface area contributed by atoms with Crippen molar-refractivity contribution in [1.82, 2.24) is 5.32 Å². The zero-order valence-corrected chi connectivity index (χ0v) is 7.80. The van der Waals surface area contributed by atoms with Gasteiger partial charge in [0.2, 0.25) is 5.91 Å². The van der Waals surface area contributed by atoms with Gasteiger partial charge in [0.1, 0.15) is 0 Å². The van der Waals surface area contributed by atoms with Gasteiger partial charge < -0.3 is 5.32 Å². The van der Waals surface area contributed by atoms with Crippen molar-refractivity contribution in [1.29, 1.82) is 0 Å². The molecular weight excluding hydrogens is 166 g/mol. The first-order valence-electron chi connectivity index (χ1n) is 3.34. The summed E-state index contributed by atoms with van der Waals surface area (Å²) in [5.41, 5.74) is 0. The lowest BCUT2D eigenvalue weighted by Gasteiger charge is -2.00. The Morgan fingerprint density at radius 1 is 1.70 bits per heavy atom. The molecule has 0 bridgehead atoms. The SMILES string of the molecule is CCCNC(=O)CCSS. The van der Waals surface area contributed by atoms with Crippen LogP contribution in [0.3, 0.4) is 0 Å². The van der Waals surface area contributed by atoms with Crippen LogP contribution in [0.1, 0.15) is 19.8 Å². The molecule has 10 heavy (non-hydrogen) atoms. The van der Waals surface area contributed by atoms with Crippen LogP contribution in [0, 0.1) is 0 Å². The zero-order chi connectivity index (χ0) is 7.82. The maximum absolute atomic E-state index is 10.8. The number of rotatable bonds is 5. The molecule has 0 radical (unpaired) electrons. The van der Waals surface area contributed by atoms with Crippen molar-refractivity contribution in [3.05, 3.63) is 0 Å². The minimum absolute atomic E-state index is 0.128. The van der Waals surface area contributed by atoms with E-state index >= 15 is 0 Å². The Morgan fingerprint density at radius 2 is 2.40 bits per heavy atom. The second-order valence-corrected chi connectivity index (χ2v) is 3.37. The van der Waals surface area contributed by atoms with Crippen LogP contribution in [-0.2, 0) is 4.79 Å². The molecule has 0 aliphatic heterocycles. The zero-order valence-electron chi connectivity index (χ0n) is 6.09. The van der Waals surface area contributed by atoms with Crippen LogP contribution in [0.25, 0.3) is 0 Å². The molecular formula is C6H13NOS2. The van der Waals surface area contributed by atoms with Gasteiger partial charge in [-0.15, -0.1) is 11.7 Å².